The molecule has 0 bridgehead atoms. The van der Waals surface area contributed by atoms with Gasteiger partial charge in [-0.25, -0.2) is 0 Å². The summed E-state index contributed by atoms with van der Waals surface area (Å²) in [4.78, 5) is 21.1. The van der Waals surface area contributed by atoms with E-state index in [0.29, 0.717) is 12.8 Å². The smallest absolute Gasteiger partial charge is 0.321 e. The third-order valence-electron chi connectivity index (χ3n) is 4.70. The van der Waals surface area contributed by atoms with Crippen LogP contribution in [0.2, 0.25) is 0 Å². The zero-order chi connectivity index (χ0) is 19.6. The Hall–Kier alpha value is -0.480. The summed E-state index contributed by atoms with van der Waals surface area (Å²) in [6, 6.07) is 0. The molecule has 0 rings (SSSR count). The number of unbranched alkanes of at least 4 members (excludes halogenated alkanes) is 13. The van der Waals surface area contributed by atoms with Crippen molar-refractivity contribution in [2.45, 2.75) is 113 Å². The lowest BCUT2D eigenvalue weighted by atomic mass is 10.0. The van der Waals surface area contributed by atoms with Crippen LogP contribution in [0.3, 0.4) is 0 Å². The van der Waals surface area contributed by atoms with Crippen LogP contribution in [0.5, 0.6) is 0 Å². The van der Waals surface area contributed by atoms with Crippen molar-refractivity contribution in [3.63, 3.8) is 0 Å². The molecule has 4 nitrogen and oxygen atoms in total. The Morgan fingerprint density at radius 2 is 0.692 bits per heavy atom. The van der Waals surface area contributed by atoms with Crippen LogP contribution in [0, 0.1) is 0 Å². The Kier molecular flexibility index (Phi) is 17.6. The van der Waals surface area contributed by atoms with Crippen molar-refractivity contribution >= 4 is 35.1 Å². The molecule has 0 radical (unpaired) electrons. The van der Waals surface area contributed by atoms with Crippen molar-refractivity contribution in [2.75, 3.05) is 0 Å². The van der Waals surface area contributed by atoms with E-state index < -0.39 is 22.7 Å². The summed E-state index contributed by atoms with van der Waals surface area (Å²) in [5.41, 5.74) is 0. The summed E-state index contributed by atoms with van der Waals surface area (Å²) < 4.78 is 0. The number of alkyl halides is 2. The van der Waals surface area contributed by atoms with Gasteiger partial charge in [-0.05, 0) is 12.8 Å². The van der Waals surface area contributed by atoms with E-state index in [1.807, 2.05) is 0 Å². The minimum absolute atomic E-state index is 0.572. The van der Waals surface area contributed by atoms with Gasteiger partial charge in [0.05, 0.1) is 0 Å². The quantitative estimate of drug-likeness (QED) is 0.185. The number of hydrogen-bond donors (Lipinski definition) is 2. The summed E-state index contributed by atoms with van der Waals surface area (Å²) >= 11 is 11.3. The molecule has 0 heterocycles. The highest BCUT2D eigenvalue weighted by atomic mass is 35.5. The van der Waals surface area contributed by atoms with Crippen LogP contribution in [-0.2, 0) is 9.59 Å². The van der Waals surface area contributed by atoms with Crippen molar-refractivity contribution in [1.82, 2.24) is 0 Å². The second-order valence-electron chi connectivity index (χ2n) is 7.14. The summed E-state index contributed by atoms with van der Waals surface area (Å²) in [5.74, 6) is -1.82. The second-order valence-corrected chi connectivity index (χ2v) is 8.19. The second kappa shape index (κ2) is 17.9. The van der Waals surface area contributed by atoms with E-state index in [1.165, 1.54) is 64.2 Å². The molecule has 0 aromatic heterocycles. The number of halogens is 2. The van der Waals surface area contributed by atoms with Crippen LogP contribution in [0.15, 0.2) is 0 Å². The first-order valence-corrected chi connectivity index (χ1v) is 11.1. The Morgan fingerprint density at radius 3 is 0.885 bits per heavy atom. The maximum Gasteiger partial charge on any atom is 0.321 e. The molecule has 0 aromatic carbocycles. The zero-order valence-corrected chi connectivity index (χ0v) is 17.4. The SMILES string of the molecule is O=C(O)C(Cl)CCCCCCCCCCCCCCCCC(Cl)C(=O)O. The Morgan fingerprint density at radius 1 is 0.500 bits per heavy atom. The molecule has 26 heavy (non-hydrogen) atoms. The predicted octanol–water partition coefficient (Wildman–Crippen LogP) is 6.61. The number of rotatable bonds is 19. The van der Waals surface area contributed by atoms with E-state index in [1.54, 1.807) is 0 Å². The van der Waals surface area contributed by atoms with Gasteiger partial charge in [-0.15, -0.1) is 23.2 Å². The number of carboxylic acids is 2. The highest BCUT2D eigenvalue weighted by Gasteiger charge is 2.12. The molecule has 0 saturated heterocycles. The van der Waals surface area contributed by atoms with Crippen molar-refractivity contribution in [3.05, 3.63) is 0 Å². The van der Waals surface area contributed by atoms with Crippen LogP contribution in [0.25, 0.3) is 0 Å². The minimum Gasteiger partial charge on any atom is -0.480 e. The van der Waals surface area contributed by atoms with Crippen LogP contribution < -0.4 is 0 Å². The molecule has 0 fully saturated rings. The highest BCUT2D eigenvalue weighted by Crippen LogP contribution is 2.15. The van der Waals surface area contributed by atoms with Gasteiger partial charge in [-0.3, -0.25) is 9.59 Å². The molecule has 0 aliphatic heterocycles. The van der Waals surface area contributed by atoms with Crippen molar-refractivity contribution in [1.29, 1.82) is 0 Å². The fraction of sp³-hybridized carbons (Fsp3) is 0.900. The predicted molar refractivity (Wildman–Crippen MR) is 108 cm³/mol. The average molecular weight is 411 g/mol. The monoisotopic (exact) mass is 410 g/mol. The normalized spacial score (nSPS) is 13.5. The molecule has 0 aliphatic carbocycles. The number of carboxylic acid groups (broad SMARTS) is 2. The molecule has 0 saturated carbocycles. The van der Waals surface area contributed by atoms with Gasteiger partial charge in [0.1, 0.15) is 10.8 Å². The Labute approximate surface area is 168 Å². The maximum absolute atomic E-state index is 10.6. The number of aliphatic carboxylic acids is 2. The van der Waals surface area contributed by atoms with Gasteiger partial charge in [0.25, 0.3) is 0 Å². The molecule has 2 unspecified atom stereocenters. The highest BCUT2D eigenvalue weighted by molar-refractivity contribution is 6.29. The van der Waals surface area contributed by atoms with E-state index in [-0.39, 0.29) is 0 Å². The number of hydrogen-bond acceptors (Lipinski definition) is 2. The standard InChI is InChI=1S/C20H36Cl2O4/c21-17(19(23)24)15-13-11-9-7-5-3-1-2-4-6-8-10-12-14-16-18(22)20(25)26/h17-18H,1-16H2,(H,23,24)(H,25,26). The molecule has 0 spiro atoms. The third-order valence-corrected chi connectivity index (χ3v) is 5.51. The molecular formula is C20H36Cl2O4. The fourth-order valence-corrected chi connectivity index (χ4v) is 3.32. The van der Waals surface area contributed by atoms with Gasteiger partial charge in [0, 0.05) is 0 Å². The maximum atomic E-state index is 10.6. The molecule has 2 N–H and O–H groups in total. The lowest BCUT2D eigenvalue weighted by molar-refractivity contribution is -0.137. The molecular weight excluding hydrogens is 375 g/mol. The van der Waals surface area contributed by atoms with Crippen molar-refractivity contribution < 1.29 is 19.8 Å². The zero-order valence-electron chi connectivity index (χ0n) is 15.9. The molecule has 2 atom stereocenters. The fourth-order valence-electron chi connectivity index (χ4n) is 3.02. The average Bonchev–Trinajstić information content (AvgIpc) is 2.60. The topological polar surface area (TPSA) is 74.6 Å². The Balaban J connectivity index is 3.14. The molecule has 154 valence electrons. The molecule has 0 aromatic rings. The van der Waals surface area contributed by atoms with Gasteiger partial charge >= 0.3 is 11.9 Å². The van der Waals surface area contributed by atoms with Crippen molar-refractivity contribution in [2.24, 2.45) is 0 Å². The van der Waals surface area contributed by atoms with Crippen LogP contribution in [0.1, 0.15) is 103 Å². The van der Waals surface area contributed by atoms with E-state index in [2.05, 4.69) is 0 Å². The van der Waals surface area contributed by atoms with E-state index in [0.717, 1.165) is 25.7 Å². The summed E-state index contributed by atoms with van der Waals surface area (Å²) in [6.45, 7) is 0. The molecule has 0 amide bonds. The first-order valence-electron chi connectivity index (χ1n) is 10.2. The largest absolute Gasteiger partial charge is 0.480 e. The summed E-state index contributed by atoms with van der Waals surface area (Å²) in [5, 5.41) is 15.9. The van der Waals surface area contributed by atoms with Gasteiger partial charge in [0.2, 0.25) is 0 Å². The van der Waals surface area contributed by atoms with E-state index in [4.69, 9.17) is 33.4 Å². The first kappa shape index (κ1) is 25.5. The van der Waals surface area contributed by atoms with Crippen LogP contribution >= 0.6 is 23.2 Å². The number of carbonyl (C=O) groups is 2. The van der Waals surface area contributed by atoms with E-state index in [9.17, 15) is 9.59 Å². The first-order chi connectivity index (χ1) is 12.4. The van der Waals surface area contributed by atoms with Crippen LogP contribution in [-0.4, -0.2) is 32.9 Å². The summed E-state index contributed by atoms with van der Waals surface area (Å²) in [6.07, 6.45) is 17.7. The van der Waals surface area contributed by atoms with E-state index >= 15 is 0 Å². The van der Waals surface area contributed by atoms with Crippen molar-refractivity contribution in [3.8, 4) is 0 Å². The van der Waals surface area contributed by atoms with Gasteiger partial charge in [-0.2, -0.15) is 0 Å². The lowest BCUT2D eigenvalue weighted by Crippen LogP contribution is -2.12. The molecule has 0 aliphatic rings. The lowest BCUT2D eigenvalue weighted by Gasteiger charge is -2.05. The minimum atomic E-state index is -0.909. The van der Waals surface area contributed by atoms with Gasteiger partial charge < -0.3 is 10.2 Å². The van der Waals surface area contributed by atoms with Gasteiger partial charge in [0.15, 0.2) is 0 Å². The molecule has 6 heteroatoms. The third kappa shape index (κ3) is 17.0. The Bertz CT molecular complexity index is 330. The van der Waals surface area contributed by atoms with Gasteiger partial charge in [-0.1, -0.05) is 89.9 Å². The van der Waals surface area contributed by atoms with Crippen LogP contribution in [0.4, 0.5) is 0 Å². The summed E-state index contributed by atoms with van der Waals surface area (Å²) in [7, 11) is 0.